The maximum atomic E-state index is 12.6. The first-order valence-electron chi connectivity index (χ1n) is 8.57. The largest absolute Gasteiger partial charge is 0.342 e. The Labute approximate surface area is 148 Å². The van der Waals surface area contributed by atoms with E-state index in [4.69, 9.17) is 0 Å². The molecule has 0 N–H and O–H groups in total. The third kappa shape index (κ3) is 4.26. The minimum Gasteiger partial charge on any atom is -0.342 e. The molecule has 0 unspecified atom stereocenters. The number of aryl methyl sites for hydroxylation is 1. The van der Waals surface area contributed by atoms with Crippen molar-refractivity contribution in [1.82, 2.24) is 19.6 Å². The molecule has 0 spiro atoms. The number of nitrogens with zero attached hydrogens (tertiary/aromatic N) is 4. The number of hydrogen-bond acceptors (Lipinski definition) is 3. The topological polar surface area (TPSA) is 58.4 Å². The normalized spacial score (nSPS) is 17.1. The predicted molar refractivity (Wildman–Crippen MR) is 94.5 cm³/mol. The molecule has 1 aromatic carbocycles. The van der Waals surface area contributed by atoms with Gasteiger partial charge in [-0.05, 0) is 12.0 Å². The molecule has 1 aliphatic heterocycles. The van der Waals surface area contributed by atoms with Crippen molar-refractivity contribution < 1.29 is 9.59 Å². The Morgan fingerprint density at radius 2 is 2.04 bits per heavy atom. The van der Waals surface area contributed by atoms with Crippen molar-refractivity contribution in [3.63, 3.8) is 0 Å². The van der Waals surface area contributed by atoms with E-state index in [1.807, 2.05) is 36.3 Å². The van der Waals surface area contributed by atoms with E-state index >= 15 is 0 Å². The SMILES string of the molecule is CN(Cc1cnn(C)c1)C(=O)[C@@H]1CC(=O)N(CCc2ccccc2)C1. The van der Waals surface area contributed by atoms with Crippen LogP contribution in [0, 0.1) is 5.92 Å². The summed E-state index contributed by atoms with van der Waals surface area (Å²) < 4.78 is 1.72. The van der Waals surface area contributed by atoms with E-state index in [1.165, 1.54) is 5.56 Å². The lowest BCUT2D eigenvalue weighted by atomic mass is 10.1. The smallest absolute Gasteiger partial charge is 0.228 e. The van der Waals surface area contributed by atoms with Gasteiger partial charge in [-0.15, -0.1) is 0 Å². The van der Waals surface area contributed by atoms with Crippen molar-refractivity contribution in [2.45, 2.75) is 19.4 Å². The Morgan fingerprint density at radius 3 is 2.72 bits per heavy atom. The molecular formula is C19H24N4O2. The van der Waals surface area contributed by atoms with E-state index in [-0.39, 0.29) is 17.7 Å². The summed E-state index contributed by atoms with van der Waals surface area (Å²) in [5.41, 5.74) is 2.20. The van der Waals surface area contributed by atoms with Crippen molar-refractivity contribution in [3.05, 3.63) is 53.9 Å². The Bertz CT molecular complexity index is 741. The van der Waals surface area contributed by atoms with Crippen molar-refractivity contribution in [3.8, 4) is 0 Å². The number of carbonyl (C=O) groups excluding carboxylic acids is 2. The molecule has 0 saturated carbocycles. The predicted octanol–water partition coefficient (Wildman–Crippen LogP) is 1.47. The van der Waals surface area contributed by atoms with Crippen LogP contribution in [0.5, 0.6) is 0 Å². The second-order valence-electron chi connectivity index (χ2n) is 6.69. The highest BCUT2D eigenvalue weighted by Gasteiger charge is 2.35. The molecule has 6 heteroatoms. The van der Waals surface area contributed by atoms with E-state index in [1.54, 1.807) is 22.8 Å². The van der Waals surface area contributed by atoms with Crippen LogP contribution in [0.4, 0.5) is 0 Å². The summed E-state index contributed by atoms with van der Waals surface area (Å²) in [6, 6.07) is 10.1. The molecular weight excluding hydrogens is 316 g/mol. The lowest BCUT2D eigenvalue weighted by Gasteiger charge is -2.21. The number of carbonyl (C=O) groups is 2. The van der Waals surface area contributed by atoms with Crippen LogP contribution in [-0.4, -0.2) is 51.5 Å². The summed E-state index contributed by atoms with van der Waals surface area (Å²) in [5.74, 6) is -0.145. The number of aromatic nitrogens is 2. The number of likely N-dealkylation sites (tertiary alicyclic amines) is 1. The first kappa shape index (κ1) is 17.2. The first-order valence-corrected chi connectivity index (χ1v) is 8.57. The minimum atomic E-state index is -0.245. The summed E-state index contributed by atoms with van der Waals surface area (Å²) in [6.07, 6.45) is 4.79. The molecule has 0 radical (unpaired) electrons. The third-order valence-corrected chi connectivity index (χ3v) is 4.63. The maximum absolute atomic E-state index is 12.6. The van der Waals surface area contributed by atoms with E-state index in [0.717, 1.165) is 12.0 Å². The molecule has 2 heterocycles. The van der Waals surface area contributed by atoms with E-state index in [9.17, 15) is 9.59 Å². The van der Waals surface area contributed by atoms with Gasteiger partial charge in [0.2, 0.25) is 11.8 Å². The van der Waals surface area contributed by atoms with Crippen LogP contribution in [0.1, 0.15) is 17.5 Å². The molecule has 1 fully saturated rings. The average molecular weight is 340 g/mol. The minimum absolute atomic E-state index is 0.0272. The maximum Gasteiger partial charge on any atom is 0.228 e. The zero-order valence-electron chi connectivity index (χ0n) is 14.8. The summed E-state index contributed by atoms with van der Waals surface area (Å²) in [7, 11) is 3.64. The first-order chi connectivity index (χ1) is 12.0. The molecule has 6 nitrogen and oxygen atoms in total. The van der Waals surface area contributed by atoms with E-state index in [2.05, 4.69) is 17.2 Å². The van der Waals surface area contributed by atoms with Gasteiger partial charge in [0.1, 0.15) is 0 Å². The summed E-state index contributed by atoms with van der Waals surface area (Å²) in [5, 5.41) is 4.12. The van der Waals surface area contributed by atoms with Crippen molar-refractivity contribution in [2.24, 2.45) is 13.0 Å². The highest BCUT2D eigenvalue weighted by atomic mass is 16.2. The highest BCUT2D eigenvalue weighted by Crippen LogP contribution is 2.21. The van der Waals surface area contributed by atoms with Gasteiger partial charge in [0.15, 0.2) is 0 Å². The van der Waals surface area contributed by atoms with Gasteiger partial charge in [0, 0.05) is 51.9 Å². The van der Waals surface area contributed by atoms with E-state index in [0.29, 0.717) is 26.1 Å². The van der Waals surface area contributed by atoms with Crippen LogP contribution in [-0.2, 0) is 29.6 Å². The second kappa shape index (κ2) is 7.51. The number of rotatable bonds is 6. The number of hydrogen-bond donors (Lipinski definition) is 0. The van der Waals surface area contributed by atoms with Crippen LogP contribution < -0.4 is 0 Å². The molecule has 0 aliphatic carbocycles. The Kier molecular flexibility index (Phi) is 5.16. The fraction of sp³-hybridized carbons (Fsp3) is 0.421. The summed E-state index contributed by atoms with van der Waals surface area (Å²) in [4.78, 5) is 28.4. The monoisotopic (exact) mass is 340 g/mol. The number of benzene rings is 1. The Balaban J connectivity index is 1.53. The lowest BCUT2D eigenvalue weighted by Crippen LogP contribution is -2.34. The molecule has 0 bridgehead atoms. The van der Waals surface area contributed by atoms with Crippen molar-refractivity contribution >= 4 is 11.8 Å². The van der Waals surface area contributed by atoms with Crippen LogP contribution in [0.25, 0.3) is 0 Å². The molecule has 1 atom stereocenters. The van der Waals surface area contributed by atoms with Gasteiger partial charge in [0.05, 0.1) is 12.1 Å². The number of amides is 2. The molecule has 2 amide bonds. The van der Waals surface area contributed by atoms with Gasteiger partial charge >= 0.3 is 0 Å². The summed E-state index contributed by atoms with van der Waals surface area (Å²) in [6.45, 7) is 1.70. The molecule has 1 aliphatic rings. The van der Waals surface area contributed by atoms with Crippen LogP contribution in [0.15, 0.2) is 42.7 Å². The lowest BCUT2D eigenvalue weighted by molar-refractivity contribution is -0.135. The quantitative estimate of drug-likeness (QED) is 0.800. The second-order valence-corrected chi connectivity index (χ2v) is 6.69. The zero-order valence-corrected chi connectivity index (χ0v) is 14.8. The zero-order chi connectivity index (χ0) is 17.8. The molecule has 25 heavy (non-hydrogen) atoms. The van der Waals surface area contributed by atoms with Crippen LogP contribution in [0.3, 0.4) is 0 Å². The van der Waals surface area contributed by atoms with Gasteiger partial charge in [-0.1, -0.05) is 30.3 Å². The summed E-state index contributed by atoms with van der Waals surface area (Å²) >= 11 is 0. The van der Waals surface area contributed by atoms with E-state index < -0.39 is 0 Å². The average Bonchev–Trinajstić information content (AvgIpc) is 3.18. The van der Waals surface area contributed by atoms with Gasteiger partial charge in [-0.2, -0.15) is 5.10 Å². The van der Waals surface area contributed by atoms with Crippen LogP contribution >= 0.6 is 0 Å². The highest BCUT2D eigenvalue weighted by molar-refractivity contribution is 5.89. The third-order valence-electron chi connectivity index (χ3n) is 4.63. The fourth-order valence-corrected chi connectivity index (χ4v) is 3.28. The molecule has 132 valence electrons. The molecule has 1 saturated heterocycles. The molecule has 2 aromatic rings. The van der Waals surface area contributed by atoms with Gasteiger partial charge in [-0.3, -0.25) is 14.3 Å². The van der Waals surface area contributed by atoms with Gasteiger partial charge < -0.3 is 9.80 Å². The fourth-order valence-electron chi connectivity index (χ4n) is 3.28. The Hall–Kier alpha value is -2.63. The molecule has 1 aromatic heterocycles. The van der Waals surface area contributed by atoms with Gasteiger partial charge in [0.25, 0.3) is 0 Å². The van der Waals surface area contributed by atoms with Gasteiger partial charge in [-0.25, -0.2) is 0 Å². The Morgan fingerprint density at radius 1 is 1.28 bits per heavy atom. The van der Waals surface area contributed by atoms with Crippen molar-refractivity contribution in [1.29, 1.82) is 0 Å². The standard InChI is InChI=1S/C19H24N4O2/c1-21(12-16-11-20-22(2)13-16)19(25)17-10-18(24)23(14-17)9-8-15-6-4-3-5-7-15/h3-7,11,13,17H,8-10,12,14H2,1-2H3/t17-/m1/s1. The van der Waals surface area contributed by atoms with Crippen molar-refractivity contribution in [2.75, 3.05) is 20.1 Å². The van der Waals surface area contributed by atoms with Crippen LogP contribution in [0.2, 0.25) is 0 Å². The molecule has 3 rings (SSSR count).